The van der Waals surface area contributed by atoms with Crippen LogP contribution in [0.25, 0.3) is 11.3 Å². The molecular weight excluding hydrogens is 312 g/mol. The highest BCUT2D eigenvalue weighted by Crippen LogP contribution is 2.40. The minimum atomic E-state index is -0.247. The van der Waals surface area contributed by atoms with Gasteiger partial charge in [-0.3, -0.25) is 14.8 Å². The van der Waals surface area contributed by atoms with Crippen molar-refractivity contribution >= 4 is 22.4 Å². The van der Waals surface area contributed by atoms with Crippen LogP contribution < -0.4 is 10.1 Å². The highest BCUT2D eigenvalue weighted by atomic mass is 32.1. The first-order chi connectivity index (χ1) is 11.1. The number of hydrogen-bond donors (Lipinski definition) is 1. The molecule has 0 fully saturated rings. The third-order valence-corrected chi connectivity index (χ3v) is 4.59. The Morgan fingerprint density at radius 1 is 1.39 bits per heavy atom. The number of para-hydroxylation sites is 1. The molecule has 116 valence electrons. The number of aromatic nitrogens is 3. The zero-order valence-electron chi connectivity index (χ0n) is 12.7. The Hall–Kier alpha value is -2.67. The van der Waals surface area contributed by atoms with E-state index in [1.807, 2.05) is 37.4 Å². The van der Waals surface area contributed by atoms with Crippen LogP contribution in [0.4, 0.5) is 5.13 Å². The van der Waals surface area contributed by atoms with Gasteiger partial charge >= 0.3 is 0 Å². The number of fused-ring (bicyclic) bond motifs is 3. The average molecular weight is 326 g/mol. The number of carbonyl (C=O) groups excluding carboxylic acids is 1. The third-order valence-electron chi connectivity index (χ3n) is 3.65. The molecular formula is C16H14N4O2S. The molecule has 0 unspecified atom stereocenters. The molecule has 6 nitrogen and oxygen atoms in total. The predicted octanol–water partition coefficient (Wildman–Crippen LogP) is 3.00. The number of hydrogen-bond acceptors (Lipinski definition) is 5. The van der Waals surface area contributed by atoms with Crippen molar-refractivity contribution in [3.05, 3.63) is 46.6 Å². The lowest BCUT2D eigenvalue weighted by molar-refractivity contribution is 0.102. The van der Waals surface area contributed by atoms with Gasteiger partial charge in [-0.1, -0.05) is 23.5 Å². The molecule has 0 saturated heterocycles. The summed E-state index contributed by atoms with van der Waals surface area (Å²) in [5.41, 5.74) is 3.08. The molecule has 0 spiro atoms. The van der Waals surface area contributed by atoms with Gasteiger partial charge in [0.15, 0.2) is 10.8 Å². The lowest BCUT2D eigenvalue weighted by atomic mass is 10.1. The van der Waals surface area contributed by atoms with E-state index in [1.165, 1.54) is 11.3 Å². The van der Waals surface area contributed by atoms with Crippen LogP contribution >= 0.6 is 11.3 Å². The molecule has 3 aromatic rings. The van der Waals surface area contributed by atoms with Gasteiger partial charge in [-0.25, -0.2) is 4.98 Å². The van der Waals surface area contributed by atoms with Crippen molar-refractivity contribution in [3.63, 3.8) is 0 Å². The number of benzene rings is 1. The molecule has 0 atom stereocenters. The lowest BCUT2D eigenvalue weighted by Crippen LogP contribution is -2.14. The van der Waals surface area contributed by atoms with Crippen LogP contribution in [0.5, 0.6) is 5.75 Å². The number of ether oxygens (including phenoxy) is 1. The first-order valence-corrected chi connectivity index (χ1v) is 7.97. The summed E-state index contributed by atoms with van der Waals surface area (Å²) < 4.78 is 7.34. The number of aryl methyl sites for hydroxylation is 2. The second kappa shape index (κ2) is 5.20. The van der Waals surface area contributed by atoms with E-state index in [9.17, 15) is 4.79 Å². The van der Waals surface area contributed by atoms with E-state index in [-0.39, 0.29) is 5.91 Å². The molecule has 4 rings (SSSR count). The maximum absolute atomic E-state index is 12.4. The summed E-state index contributed by atoms with van der Waals surface area (Å²) >= 11 is 1.43. The normalized spacial score (nSPS) is 12.3. The Bertz CT molecular complexity index is 913. The van der Waals surface area contributed by atoms with E-state index >= 15 is 0 Å². The van der Waals surface area contributed by atoms with Gasteiger partial charge in [-0.05, 0) is 19.1 Å². The van der Waals surface area contributed by atoms with Crippen LogP contribution in [-0.2, 0) is 13.7 Å². The fraction of sp³-hybridized carbons (Fsp3) is 0.188. The van der Waals surface area contributed by atoms with Crippen molar-refractivity contribution in [3.8, 4) is 17.0 Å². The van der Waals surface area contributed by atoms with Crippen molar-refractivity contribution < 1.29 is 9.53 Å². The van der Waals surface area contributed by atoms with E-state index in [0.29, 0.717) is 17.4 Å². The molecule has 0 saturated carbocycles. The van der Waals surface area contributed by atoms with Gasteiger partial charge in [0.25, 0.3) is 5.91 Å². The summed E-state index contributed by atoms with van der Waals surface area (Å²) in [5, 5.41) is 7.58. The number of nitrogens with zero attached hydrogens (tertiary/aromatic N) is 3. The van der Waals surface area contributed by atoms with Crippen molar-refractivity contribution in [2.24, 2.45) is 7.05 Å². The summed E-state index contributed by atoms with van der Waals surface area (Å²) in [6.07, 6.45) is 1.81. The first-order valence-electron chi connectivity index (χ1n) is 7.15. The van der Waals surface area contributed by atoms with Crippen LogP contribution in [0.15, 0.2) is 30.5 Å². The van der Waals surface area contributed by atoms with Gasteiger partial charge in [-0.2, -0.15) is 5.10 Å². The molecule has 1 aliphatic rings. The maximum atomic E-state index is 12.4. The number of amides is 1. The Labute approximate surface area is 136 Å². The fourth-order valence-electron chi connectivity index (χ4n) is 2.63. The highest BCUT2D eigenvalue weighted by molar-refractivity contribution is 7.16. The highest BCUT2D eigenvalue weighted by Gasteiger charge is 2.23. The van der Waals surface area contributed by atoms with Gasteiger partial charge in [0, 0.05) is 24.4 Å². The summed E-state index contributed by atoms with van der Waals surface area (Å²) in [7, 11) is 1.79. The smallest absolute Gasteiger partial charge is 0.278 e. The standard InChI is InChI=1S/C16H14N4O2S/c1-9-7-20(2)19-13(9)15(21)18-16-17-14-10-5-3-4-6-11(10)22-8-12(14)23-16/h3-7H,8H2,1-2H3,(H,17,18,21). The molecule has 1 N–H and O–H groups in total. The molecule has 1 aliphatic heterocycles. The van der Waals surface area contributed by atoms with Crippen LogP contribution in [0, 0.1) is 6.92 Å². The Morgan fingerprint density at radius 3 is 3.00 bits per heavy atom. The van der Waals surface area contributed by atoms with E-state index in [4.69, 9.17) is 4.74 Å². The average Bonchev–Trinajstić information content (AvgIpc) is 3.09. The van der Waals surface area contributed by atoms with Gasteiger partial charge in [-0.15, -0.1) is 0 Å². The predicted molar refractivity (Wildman–Crippen MR) is 87.8 cm³/mol. The van der Waals surface area contributed by atoms with Gasteiger partial charge in [0.2, 0.25) is 0 Å². The summed E-state index contributed by atoms with van der Waals surface area (Å²) in [6.45, 7) is 2.33. The van der Waals surface area contributed by atoms with Crippen LogP contribution in [0.2, 0.25) is 0 Å². The van der Waals surface area contributed by atoms with Crippen molar-refractivity contribution in [2.75, 3.05) is 5.32 Å². The summed E-state index contributed by atoms with van der Waals surface area (Å²) in [5.74, 6) is 0.576. The molecule has 7 heteroatoms. The van der Waals surface area contributed by atoms with E-state index in [2.05, 4.69) is 15.4 Å². The van der Waals surface area contributed by atoms with Crippen molar-refractivity contribution in [1.29, 1.82) is 0 Å². The minimum Gasteiger partial charge on any atom is -0.487 e. The van der Waals surface area contributed by atoms with E-state index < -0.39 is 0 Å². The van der Waals surface area contributed by atoms with Crippen LogP contribution in [0.3, 0.4) is 0 Å². The van der Waals surface area contributed by atoms with E-state index in [0.717, 1.165) is 27.4 Å². The molecule has 0 aliphatic carbocycles. The van der Waals surface area contributed by atoms with Gasteiger partial charge < -0.3 is 4.74 Å². The number of nitrogens with one attached hydrogen (secondary N) is 1. The Kier molecular flexibility index (Phi) is 3.16. The number of thiazole rings is 1. The maximum Gasteiger partial charge on any atom is 0.278 e. The van der Waals surface area contributed by atoms with Crippen molar-refractivity contribution in [1.82, 2.24) is 14.8 Å². The molecule has 1 amide bonds. The monoisotopic (exact) mass is 326 g/mol. The van der Waals surface area contributed by atoms with E-state index in [1.54, 1.807) is 11.7 Å². The van der Waals surface area contributed by atoms with Gasteiger partial charge in [0.05, 0.1) is 10.6 Å². The third kappa shape index (κ3) is 2.39. The van der Waals surface area contributed by atoms with Crippen molar-refractivity contribution in [2.45, 2.75) is 13.5 Å². The number of carbonyl (C=O) groups is 1. The lowest BCUT2D eigenvalue weighted by Gasteiger charge is -2.15. The Morgan fingerprint density at radius 2 is 2.22 bits per heavy atom. The number of rotatable bonds is 2. The molecule has 2 aromatic heterocycles. The van der Waals surface area contributed by atoms with Crippen LogP contribution in [0.1, 0.15) is 20.9 Å². The Balaban J connectivity index is 1.64. The van der Waals surface area contributed by atoms with Crippen LogP contribution in [-0.4, -0.2) is 20.7 Å². The summed E-state index contributed by atoms with van der Waals surface area (Å²) in [6, 6.07) is 7.78. The molecule has 23 heavy (non-hydrogen) atoms. The SMILES string of the molecule is Cc1cn(C)nc1C(=O)Nc1nc2c(s1)COc1ccccc1-2. The topological polar surface area (TPSA) is 69.0 Å². The second-order valence-corrected chi connectivity index (χ2v) is 6.45. The second-order valence-electron chi connectivity index (χ2n) is 5.36. The molecule has 0 radical (unpaired) electrons. The zero-order chi connectivity index (χ0) is 16.0. The molecule has 3 heterocycles. The summed E-state index contributed by atoms with van der Waals surface area (Å²) in [4.78, 5) is 17.9. The molecule has 0 bridgehead atoms. The largest absolute Gasteiger partial charge is 0.487 e. The minimum absolute atomic E-state index is 0.247. The first kappa shape index (κ1) is 14.0. The zero-order valence-corrected chi connectivity index (χ0v) is 13.5. The molecule has 1 aromatic carbocycles. The van der Waals surface area contributed by atoms with Gasteiger partial charge in [0.1, 0.15) is 12.4 Å². The number of anilines is 1. The quantitative estimate of drug-likeness (QED) is 0.786. The fourth-order valence-corrected chi connectivity index (χ4v) is 3.52.